The second kappa shape index (κ2) is 8.28. The molecule has 2 atom stereocenters. The van der Waals surface area contributed by atoms with Crippen LogP contribution in [0.25, 0.3) is 0 Å². The van der Waals surface area contributed by atoms with E-state index in [4.69, 9.17) is 21.1 Å². The number of carbonyl (C=O) groups is 1. The van der Waals surface area contributed by atoms with Gasteiger partial charge in [-0.25, -0.2) is 8.42 Å². The fourth-order valence-electron chi connectivity index (χ4n) is 2.92. The standard InChI is InChI=1S/C19H21ClN2O5S/c1-13(22(28(2,24)25)15-9-7-14(20)8-10-15)19(23)21-11-16-12-26-17-5-3-4-6-18(17)27-16/h3-10,13,16H,11-12H2,1-2H3,(H,21,23). The highest BCUT2D eigenvalue weighted by Crippen LogP contribution is 2.30. The number of hydrogen-bond donors (Lipinski definition) is 1. The van der Waals surface area contributed by atoms with Crippen LogP contribution in [0.1, 0.15) is 6.92 Å². The molecule has 0 aromatic heterocycles. The number of nitrogens with zero attached hydrogens (tertiary/aromatic N) is 1. The van der Waals surface area contributed by atoms with Gasteiger partial charge >= 0.3 is 0 Å². The summed E-state index contributed by atoms with van der Waals surface area (Å²) in [5, 5.41) is 3.22. The number of sulfonamides is 1. The van der Waals surface area contributed by atoms with Crippen LogP contribution in [0, 0.1) is 0 Å². The third kappa shape index (κ3) is 4.69. The number of rotatable bonds is 6. The van der Waals surface area contributed by atoms with Crippen molar-refractivity contribution in [3.05, 3.63) is 53.6 Å². The van der Waals surface area contributed by atoms with Crippen LogP contribution >= 0.6 is 11.6 Å². The molecule has 1 aliphatic rings. The van der Waals surface area contributed by atoms with Gasteiger partial charge in [0.15, 0.2) is 11.5 Å². The molecule has 0 bridgehead atoms. The zero-order valence-electron chi connectivity index (χ0n) is 15.5. The lowest BCUT2D eigenvalue weighted by molar-refractivity contribution is -0.122. The Hall–Kier alpha value is -2.45. The summed E-state index contributed by atoms with van der Waals surface area (Å²) in [6, 6.07) is 12.6. The van der Waals surface area contributed by atoms with Crippen molar-refractivity contribution in [1.29, 1.82) is 0 Å². The van der Waals surface area contributed by atoms with Crippen molar-refractivity contribution in [1.82, 2.24) is 5.32 Å². The Morgan fingerprint density at radius 2 is 1.86 bits per heavy atom. The third-order valence-corrected chi connectivity index (χ3v) is 5.73. The van der Waals surface area contributed by atoms with Gasteiger partial charge in [-0.2, -0.15) is 0 Å². The topological polar surface area (TPSA) is 84.9 Å². The monoisotopic (exact) mass is 424 g/mol. The Labute approximate surface area is 169 Å². The van der Waals surface area contributed by atoms with Gasteiger partial charge in [-0.05, 0) is 43.3 Å². The van der Waals surface area contributed by atoms with E-state index in [0.29, 0.717) is 28.8 Å². The Morgan fingerprint density at radius 1 is 1.21 bits per heavy atom. The number of amides is 1. The van der Waals surface area contributed by atoms with Crippen LogP contribution in [0.2, 0.25) is 5.02 Å². The van der Waals surface area contributed by atoms with Crippen LogP contribution in [-0.4, -0.2) is 45.9 Å². The van der Waals surface area contributed by atoms with Crippen molar-refractivity contribution in [3.63, 3.8) is 0 Å². The minimum absolute atomic E-state index is 0.190. The number of ether oxygens (including phenoxy) is 2. The summed E-state index contributed by atoms with van der Waals surface area (Å²) in [5.74, 6) is 0.826. The first-order valence-corrected chi connectivity index (χ1v) is 10.9. The van der Waals surface area contributed by atoms with E-state index in [1.165, 1.54) is 6.92 Å². The highest BCUT2D eigenvalue weighted by atomic mass is 35.5. The van der Waals surface area contributed by atoms with Crippen LogP contribution in [0.5, 0.6) is 11.5 Å². The zero-order chi connectivity index (χ0) is 20.3. The summed E-state index contributed by atoms with van der Waals surface area (Å²) in [6.45, 7) is 2.01. The average molecular weight is 425 g/mol. The van der Waals surface area contributed by atoms with Gasteiger partial charge in [0.25, 0.3) is 0 Å². The summed E-state index contributed by atoms with van der Waals surface area (Å²) in [7, 11) is -3.68. The van der Waals surface area contributed by atoms with Gasteiger partial charge in [-0.3, -0.25) is 9.10 Å². The molecule has 3 rings (SSSR count). The number of para-hydroxylation sites is 2. The van der Waals surface area contributed by atoms with Crippen molar-refractivity contribution in [2.75, 3.05) is 23.7 Å². The van der Waals surface area contributed by atoms with E-state index < -0.39 is 22.0 Å². The molecule has 1 N–H and O–H groups in total. The summed E-state index contributed by atoms with van der Waals surface area (Å²) >= 11 is 5.87. The summed E-state index contributed by atoms with van der Waals surface area (Å²) in [5.41, 5.74) is 0.362. The van der Waals surface area contributed by atoms with Crippen LogP contribution in [0.15, 0.2) is 48.5 Å². The smallest absolute Gasteiger partial charge is 0.243 e. The second-order valence-corrected chi connectivity index (χ2v) is 8.75. The fraction of sp³-hybridized carbons (Fsp3) is 0.316. The molecule has 0 spiro atoms. The number of nitrogens with one attached hydrogen (secondary N) is 1. The maximum atomic E-state index is 12.6. The van der Waals surface area contributed by atoms with E-state index in [9.17, 15) is 13.2 Å². The van der Waals surface area contributed by atoms with E-state index in [0.717, 1.165) is 10.6 Å². The number of hydrogen-bond acceptors (Lipinski definition) is 5. The predicted molar refractivity (Wildman–Crippen MR) is 108 cm³/mol. The van der Waals surface area contributed by atoms with Crippen LogP contribution < -0.4 is 19.1 Å². The SMILES string of the molecule is CC(C(=O)NCC1COc2ccccc2O1)N(c1ccc(Cl)cc1)S(C)(=O)=O. The molecule has 9 heteroatoms. The van der Waals surface area contributed by atoms with Crippen LogP contribution in [-0.2, 0) is 14.8 Å². The molecule has 1 aliphatic heterocycles. The van der Waals surface area contributed by atoms with Gasteiger partial charge in [0.2, 0.25) is 15.9 Å². The molecule has 0 radical (unpaired) electrons. The van der Waals surface area contributed by atoms with Gasteiger partial charge < -0.3 is 14.8 Å². The molecule has 2 aromatic carbocycles. The molecule has 1 amide bonds. The summed E-state index contributed by atoms with van der Waals surface area (Å²) < 4.78 is 37.0. The van der Waals surface area contributed by atoms with Crippen LogP contribution in [0.3, 0.4) is 0 Å². The minimum Gasteiger partial charge on any atom is -0.486 e. The third-order valence-electron chi connectivity index (χ3n) is 4.24. The minimum atomic E-state index is -3.68. The van der Waals surface area contributed by atoms with Gasteiger partial charge in [0.05, 0.1) is 18.5 Å². The largest absolute Gasteiger partial charge is 0.486 e. The normalized spacial score (nSPS) is 16.9. The Bertz CT molecular complexity index is 949. The molecular weight excluding hydrogens is 404 g/mol. The molecule has 0 saturated carbocycles. The van der Waals surface area contributed by atoms with Crippen LogP contribution in [0.4, 0.5) is 5.69 Å². The second-order valence-electron chi connectivity index (χ2n) is 6.45. The number of carbonyl (C=O) groups excluding carboxylic acids is 1. The van der Waals surface area contributed by atoms with E-state index in [1.54, 1.807) is 30.3 Å². The van der Waals surface area contributed by atoms with E-state index in [2.05, 4.69) is 5.32 Å². The van der Waals surface area contributed by atoms with Crippen molar-refractivity contribution in [2.24, 2.45) is 0 Å². The summed E-state index contributed by atoms with van der Waals surface area (Å²) in [4.78, 5) is 12.6. The Balaban J connectivity index is 1.66. The lowest BCUT2D eigenvalue weighted by atomic mass is 10.2. The maximum absolute atomic E-state index is 12.6. The van der Waals surface area contributed by atoms with Gasteiger partial charge in [-0.15, -0.1) is 0 Å². The van der Waals surface area contributed by atoms with E-state index >= 15 is 0 Å². The first-order chi connectivity index (χ1) is 13.3. The molecular formula is C19H21ClN2O5S. The number of benzene rings is 2. The molecule has 150 valence electrons. The summed E-state index contributed by atoms with van der Waals surface area (Å²) in [6.07, 6.45) is 0.689. The first kappa shape index (κ1) is 20.3. The van der Waals surface area contributed by atoms with Crippen molar-refractivity contribution >= 4 is 33.2 Å². The predicted octanol–water partition coefficient (Wildman–Crippen LogP) is 2.45. The quantitative estimate of drug-likeness (QED) is 0.769. The maximum Gasteiger partial charge on any atom is 0.243 e. The Kier molecular flexibility index (Phi) is 6.00. The average Bonchev–Trinajstić information content (AvgIpc) is 2.66. The molecule has 7 nitrogen and oxygen atoms in total. The van der Waals surface area contributed by atoms with Gasteiger partial charge in [-0.1, -0.05) is 23.7 Å². The highest BCUT2D eigenvalue weighted by molar-refractivity contribution is 7.92. The number of halogens is 1. The number of anilines is 1. The fourth-order valence-corrected chi connectivity index (χ4v) is 4.22. The lowest BCUT2D eigenvalue weighted by Crippen LogP contribution is -2.50. The Morgan fingerprint density at radius 3 is 2.50 bits per heavy atom. The molecule has 0 saturated heterocycles. The molecule has 2 unspecified atom stereocenters. The number of fused-ring (bicyclic) bond motifs is 1. The highest BCUT2D eigenvalue weighted by Gasteiger charge is 2.30. The molecule has 2 aromatic rings. The molecule has 0 aliphatic carbocycles. The first-order valence-electron chi connectivity index (χ1n) is 8.67. The van der Waals surface area contributed by atoms with E-state index in [-0.39, 0.29) is 12.6 Å². The van der Waals surface area contributed by atoms with Gasteiger partial charge in [0, 0.05) is 5.02 Å². The van der Waals surface area contributed by atoms with Crippen molar-refractivity contribution < 1.29 is 22.7 Å². The van der Waals surface area contributed by atoms with Crippen molar-refractivity contribution in [2.45, 2.75) is 19.1 Å². The van der Waals surface area contributed by atoms with Gasteiger partial charge in [0.1, 0.15) is 18.8 Å². The van der Waals surface area contributed by atoms with Crippen molar-refractivity contribution in [3.8, 4) is 11.5 Å². The molecule has 28 heavy (non-hydrogen) atoms. The molecule has 0 fully saturated rings. The zero-order valence-corrected chi connectivity index (χ0v) is 17.0. The molecule has 1 heterocycles. The lowest BCUT2D eigenvalue weighted by Gasteiger charge is -2.30. The van der Waals surface area contributed by atoms with E-state index in [1.807, 2.05) is 18.2 Å².